The number of methoxy groups -OCH3 is 1. The molecule has 1 N–H and O–H groups in total. The molecule has 1 aromatic heterocycles. The highest BCUT2D eigenvalue weighted by molar-refractivity contribution is 7.91. The van der Waals surface area contributed by atoms with Gasteiger partial charge >= 0.3 is 0 Å². The molecule has 0 radical (unpaired) electrons. The van der Waals surface area contributed by atoms with E-state index in [0.717, 1.165) is 11.1 Å². The predicted octanol–water partition coefficient (Wildman–Crippen LogP) is 2.58. The summed E-state index contributed by atoms with van der Waals surface area (Å²) in [7, 11) is -1.92. The van der Waals surface area contributed by atoms with Gasteiger partial charge < -0.3 is 14.6 Å². The van der Waals surface area contributed by atoms with Crippen LogP contribution in [0.15, 0.2) is 53.7 Å². The molecule has 0 spiro atoms. The predicted molar refractivity (Wildman–Crippen MR) is 109 cm³/mol. The molecule has 1 aliphatic heterocycles. The van der Waals surface area contributed by atoms with Crippen molar-refractivity contribution in [3.05, 3.63) is 65.4 Å². The van der Waals surface area contributed by atoms with Crippen LogP contribution in [0.4, 0.5) is 0 Å². The van der Waals surface area contributed by atoms with Gasteiger partial charge in [0.25, 0.3) is 5.91 Å². The Morgan fingerprint density at radius 1 is 1.14 bits per heavy atom. The van der Waals surface area contributed by atoms with Crippen molar-refractivity contribution in [1.82, 2.24) is 14.9 Å². The molecule has 29 heavy (non-hydrogen) atoms. The second-order valence-electron chi connectivity index (χ2n) is 6.96. The van der Waals surface area contributed by atoms with Crippen LogP contribution in [0, 0.1) is 6.92 Å². The van der Waals surface area contributed by atoms with Crippen molar-refractivity contribution in [3.8, 4) is 17.0 Å². The van der Waals surface area contributed by atoms with Crippen LogP contribution in [0.3, 0.4) is 0 Å². The number of carbonyl (C=O) groups excluding carboxylic acids is 1. The maximum Gasteiger partial charge on any atom is 0.270 e. The third kappa shape index (κ3) is 3.63. The molecule has 0 unspecified atom stereocenters. The van der Waals surface area contributed by atoms with Gasteiger partial charge in [0, 0.05) is 18.7 Å². The van der Waals surface area contributed by atoms with E-state index < -0.39 is 9.84 Å². The molecule has 0 fully saturated rings. The number of nitrogens with zero attached hydrogens (tertiary/aromatic N) is 2. The Morgan fingerprint density at radius 2 is 1.83 bits per heavy atom. The Labute approximate surface area is 169 Å². The zero-order chi connectivity index (χ0) is 20.6. The van der Waals surface area contributed by atoms with Crippen LogP contribution >= 0.6 is 0 Å². The Bertz CT molecular complexity index is 1160. The van der Waals surface area contributed by atoms with Gasteiger partial charge in [-0.05, 0) is 36.8 Å². The van der Waals surface area contributed by atoms with Crippen molar-refractivity contribution >= 4 is 15.7 Å². The van der Waals surface area contributed by atoms with Gasteiger partial charge in [-0.25, -0.2) is 13.4 Å². The maximum atomic E-state index is 13.0. The number of rotatable bonds is 5. The van der Waals surface area contributed by atoms with E-state index >= 15 is 0 Å². The van der Waals surface area contributed by atoms with Crippen molar-refractivity contribution in [1.29, 1.82) is 0 Å². The van der Waals surface area contributed by atoms with Gasteiger partial charge in [0.1, 0.15) is 17.1 Å². The summed E-state index contributed by atoms with van der Waals surface area (Å²) in [5, 5.41) is 2.84. The summed E-state index contributed by atoms with van der Waals surface area (Å²) < 4.78 is 31.4. The molecule has 0 aliphatic carbocycles. The molecule has 0 atom stereocenters. The Hall–Kier alpha value is -3.13. The summed E-state index contributed by atoms with van der Waals surface area (Å²) in [4.78, 5) is 17.4. The van der Waals surface area contributed by atoms with Crippen molar-refractivity contribution in [2.45, 2.75) is 25.2 Å². The van der Waals surface area contributed by atoms with Gasteiger partial charge in [-0.2, -0.15) is 0 Å². The summed E-state index contributed by atoms with van der Waals surface area (Å²) in [6.45, 7) is 2.56. The first kappa shape index (κ1) is 19.2. The number of imidazole rings is 1. The highest BCUT2D eigenvalue weighted by Gasteiger charge is 2.35. The van der Waals surface area contributed by atoms with E-state index in [0.29, 0.717) is 23.6 Å². The number of hydrogen-bond acceptors (Lipinski definition) is 5. The van der Waals surface area contributed by atoms with E-state index in [4.69, 9.17) is 4.74 Å². The quantitative estimate of drug-likeness (QED) is 0.697. The third-order valence-corrected chi connectivity index (χ3v) is 6.53. The summed E-state index contributed by atoms with van der Waals surface area (Å²) in [5.41, 5.74) is 3.37. The second-order valence-corrected chi connectivity index (χ2v) is 8.96. The molecule has 0 saturated carbocycles. The zero-order valence-corrected chi connectivity index (χ0v) is 17.0. The minimum atomic E-state index is -3.49. The number of fused-ring (bicyclic) bond motifs is 1. The number of amides is 1. The largest absolute Gasteiger partial charge is 0.497 e. The lowest BCUT2D eigenvalue weighted by Crippen LogP contribution is -2.26. The molecule has 8 heteroatoms. The molecule has 0 saturated heterocycles. The first-order chi connectivity index (χ1) is 13.9. The molecule has 2 aromatic carbocycles. The monoisotopic (exact) mass is 411 g/mol. The van der Waals surface area contributed by atoms with Crippen LogP contribution in [0.2, 0.25) is 0 Å². The normalized spacial score (nSPS) is 14.4. The molecule has 1 amide bonds. The fraction of sp³-hybridized carbons (Fsp3) is 0.238. The Balaban J connectivity index is 1.70. The van der Waals surface area contributed by atoms with Crippen LogP contribution < -0.4 is 10.1 Å². The summed E-state index contributed by atoms with van der Waals surface area (Å²) in [6.07, 6.45) is 0. The highest BCUT2D eigenvalue weighted by atomic mass is 32.2. The number of nitrogens with one attached hydrogen (secondary N) is 1. The number of carbonyl (C=O) groups is 1. The Morgan fingerprint density at radius 3 is 2.48 bits per heavy atom. The number of aryl methyl sites for hydroxylation is 1. The number of benzene rings is 2. The summed E-state index contributed by atoms with van der Waals surface area (Å²) in [5.74, 6) is 0.266. The number of ether oxygens (including phenoxy) is 1. The number of sulfone groups is 1. The SMILES string of the molecule is COc1ccc(-c2nc3n(c2C(=O)NCc2ccc(C)cc2)CCS3(=O)=O)cc1. The van der Waals surface area contributed by atoms with Crippen LogP contribution in [0.25, 0.3) is 11.3 Å². The van der Waals surface area contributed by atoms with Crippen molar-refractivity contribution < 1.29 is 17.9 Å². The van der Waals surface area contributed by atoms with E-state index in [1.165, 1.54) is 4.57 Å². The first-order valence-electron chi connectivity index (χ1n) is 9.20. The summed E-state index contributed by atoms with van der Waals surface area (Å²) >= 11 is 0. The molecule has 0 bridgehead atoms. The molecule has 7 nitrogen and oxygen atoms in total. The molecule has 2 heterocycles. The van der Waals surface area contributed by atoms with Crippen LogP contribution in [-0.2, 0) is 22.9 Å². The highest BCUT2D eigenvalue weighted by Crippen LogP contribution is 2.31. The molecular weight excluding hydrogens is 390 g/mol. The first-order valence-corrected chi connectivity index (χ1v) is 10.9. The van der Waals surface area contributed by atoms with Gasteiger partial charge in [0.2, 0.25) is 15.0 Å². The molecule has 4 rings (SSSR count). The van der Waals surface area contributed by atoms with E-state index in [1.807, 2.05) is 31.2 Å². The Kier molecular flexibility index (Phi) is 4.87. The third-order valence-electron chi connectivity index (χ3n) is 4.95. The van der Waals surface area contributed by atoms with Gasteiger partial charge in [-0.15, -0.1) is 0 Å². The van der Waals surface area contributed by atoms with Crippen molar-refractivity contribution in [2.24, 2.45) is 0 Å². The van der Waals surface area contributed by atoms with Crippen LogP contribution in [0.1, 0.15) is 21.6 Å². The van der Waals surface area contributed by atoms with E-state index in [-0.39, 0.29) is 29.1 Å². The average Bonchev–Trinajstić information content (AvgIpc) is 3.25. The topological polar surface area (TPSA) is 90.3 Å². The van der Waals surface area contributed by atoms with Crippen molar-refractivity contribution in [3.63, 3.8) is 0 Å². The average molecular weight is 411 g/mol. The van der Waals surface area contributed by atoms with Gasteiger partial charge in [-0.3, -0.25) is 4.79 Å². The minimum Gasteiger partial charge on any atom is -0.497 e. The van der Waals surface area contributed by atoms with Gasteiger partial charge in [0.05, 0.1) is 12.9 Å². The zero-order valence-electron chi connectivity index (χ0n) is 16.2. The molecular formula is C21H21N3O4S. The minimum absolute atomic E-state index is 0.0452. The van der Waals surface area contributed by atoms with E-state index in [1.54, 1.807) is 31.4 Å². The fourth-order valence-corrected chi connectivity index (χ4v) is 4.69. The molecule has 3 aromatic rings. The lowest BCUT2D eigenvalue weighted by atomic mass is 10.1. The second kappa shape index (κ2) is 7.36. The lowest BCUT2D eigenvalue weighted by molar-refractivity contribution is 0.0942. The van der Waals surface area contributed by atoms with Gasteiger partial charge in [0.15, 0.2) is 0 Å². The standard InChI is InChI=1S/C21H21N3O4S/c1-14-3-5-15(6-4-14)13-22-20(25)19-18(16-7-9-17(28-2)10-8-16)23-21-24(19)11-12-29(21,26)27/h3-10H,11-13H2,1-2H3,(H,22,25). The molecule has 150 valence electrons. The van der Waals surface area contributed by atoms with Gasteiger partial charge in [-0.1, -0.05) is 29.8 Å². The van der Waals surface area contributed by atoms with E-state index in [9.17, 15) is 13.2 Å². The maximum absolute atomic E-state index is 13.0. The smallest absolute Gasteiger partial charge is 0.270 e. The van der Waals surface area contributed by atoms with E-state index in [2.05, 4.69) is 10.3 Å². The van der Waals surface area contributed by atoms with Crippen LogP contribution in [0.5, 0.6) is 5.75 Å². The van der Waals surface area contributed by atoms with Crippen molar-refractivity contribution in [2.75, 3.05) is 12.9 Å². The lowest BCUT2D eigenvalue weighted by Gasteiger charge is -2.10. The molecule has 1 aliphatic rings. The number of aromatic nitrogens is 2. The summed E-state index contributed by atoms with van der Waals surface area (Å²) in [6, 6.07) is 14.9. The number of hydrogen-bond donors (Lipinski definition) is 1. The van der Waals surface area contributed by atoms with Crippen LogP contribution in [-0.4, -0.2) is 36.7 Å². The fourth-order valence-electron chi connectivity index (χ4n) is 3.33.